The third-order valence-corrected chi connectivity index (χ3v) is 4.27. The van der Waals surface area contributed by atoms with E-state index < -0.39 is 6.10 Å². The smallest absolute Gasteiger partial charge is 0.131 e. The normalized spacial score (nSPS) is 12.5. The fraction of sp³-hybridized carbons (Fsp3) is 0.400. The third-order valence-electron chi connectivity index (χ3n) is 3.24. The van der Waals surface area contributed by atoms with Gasteiger partial charge in [0.25, 0.3) is 0 Å². The van der Waals surface area contributed by atoms with Gasteiger partial charge in [-0.3, -0.25) is 4.68 Å². The molecule has 4 nitrogen and oxygen atoms in total. The molecule has 5 heteroatoms. The number of nitrogens with zero attached hydrogens (tertiary/aromatic N) is 2. The number of halogens is 1. The summed E-state index contributed by atoms with van der Waals surface area (Å²) in [5.41, 5.74) is 3.82. The molecule has 1 atom stereocenters. The van der Waals surface area contributed by atoms with Crippen molar-refractivity contribution in [3.63, 3.8) is 0 Å². The minimum atomic E-state index is -0.554. The van der Waals surface area contributed by atoms with E-state index in [1.165, 1.54) is 0 Å². The molecule has 1 N–H and O–H groups in total. The molecule has 0 aliphatic carbocycles. The Kier molecular flexibility index (Phi) is 4.50. The molecular formula is C15H19BrN2O2. The van der Waals surface area contributed by atoms with Crippen molar-refractivity contribution in [1.82, 2.24) is 9.78 Å². The third kappa shape index (κ3) is 3.04. The van der Waals surface area contributed by atoms with E-state index in [9.17, 15) is 5.11 Å². The number of hydrogen-bond donors (Lipinski definition) is 1. The van der Waals surface area contributed by atoms with Crippen LogP contribution in [0, 0.1) is 13.8 Å². The molecule has 2 aromatic rings. The molecule has 2 rings (SSSR count). The predicted molar refractivity (Wildman–Crippen MR) is 81.8 cm³/mol. The molecule has 108 valence electrons. The summed E-state index contributed by atoms with van der Waals surface area (Å²) in [6, 6.07) is 5.82. The van der Waals surface area contributed by atoms with Crippen LogP contribution in [-0.4, -0.2) is 14.9 Å². The van der Waals surface area contributed by atoms with E-state index in [2.05, 4.69) is 21.0 Å². The molecule has 0 fully saturated rings. The summed E-state index contributed by atoms with van der Waals surface area (Å²) >= 11 is 3.52. The summed E-state index contributed by atoms with van der Waals surface area (Å²) in [5, 5.41) is 14.2. The zero-order valence-corrected chi connectivity index (χ0v) is 13.7. The van der Waals surface area contributed by atoms with E-state index in [0.29, 0.717) is 12.4 Å². The highest BCUT2D eigenvalue weighted by molar-refractivity contribution is 9.10. The Morgan fingerprint density at radius 3 is 2.65 bits per heavy atom. The fourth-order valence-corrected chi connectivity index (χ4v) is 2.56. The van der Waals surface area contributed by atoms with Crippen LogP contribution in [0.3, 0.4) is 0 Å². The first kappa shape index (κ1) is 15.1. The van der Waals surface area contributed by atoms with E-state index in [1.54, 1.807) is 11.6 Å². The molecule has 1 heterocycles. The summed E-state index contributed by atoms with van der Waals surface area (Å²) in [4.78, 5) is 0. The summed E-state index contributed by atoms with van der Waals surface area (Å²) in [6.45, 7) is 6.09. The van der Waals surface area contributed by atoms with Gasteiger partial charge in [-0.25, -0.2) is 0 Å². The number of aliphatic hydroxyl groups excluding tert-OH is 1. The molecule has 0 saturated heterocycles. The van der Waals surface area contributed by atoms with Crippen LogP contribution in [0.25, 0.3) is 0 Å². The Balaban J connectivity index is 2.23. The lowest BCUT2D eigenvalue weighted by Gasteiger charge is -2.14. The van der Waals surface area contributed by atoms with Crippen LogP contribution in [-0.2, 0) is 13.7 Å². The van der Waals surface area contributed by atoms with Crippen molar-refractivity contribution in [3.8, 4) is 5.75 Å². The van der Waals surface area contributed by atoms with E-state index in [-0.39, 0.29) is 0 Å². The van der Waals surface area contributed by atoms with Crippen LogP contribution in [0.5, 0.6) is 5.75 Å². The zero-order valence-electron chi connectivity index (χ0n) is 12.1. The molecule has 0 aliphatic rings. The molecular weight excluding hydrogens is 320 g/mol. The Bertz CT molecular complexity index is 621. The van der Waals surface area contributed by atoms with Crippen molar-refractivity contribution in [1.29, 1.82) is 0 Å². The number of benzene rings is 1. The van der Waals surface area contributed by atoms with E-state index >= 15 is 0 Å². The summed E-state index contributed by atoms with van der Waals surface area (Å²) in [5.74, 6) is 0.705. The molecule has 0 radical (unpaired) electrons. The first-order chi connectivity index (χ1) is 9.40. The lowest BCUT2D eigenvalue weighted by Crippen LogP contribution is -2.06. The van der Waals surface area contributed by atoms with Crippen LogP contribution in [0.1, 0.15) is 35.5 Å². The molecule has 0 saturated carbocycles. The zero-order chi connectivity index (χ0) is 14.9. The quantitative estimate of drug-likeness (QED) is 0.928. The van der Waals surface area contributed by atoms with Gasteiger partial charge in [0.15, 0.2) is 0 Å². The maximum absolute atomic E-state index is 9.83. The minimum absolute atomic E-state index is 0.403. The second-order valence-electron chi connectivity index (χ2n) is 4.98. The lowest BCUT2D eigenvalue weighted by atomic mass is 10.1. The van der Waals surface area contributed by atoms with Gasteiger partial charge in [0.2, 0.25) is 0 Å². The van der Waals surface area contributed by atoms with Crippen molar-refractivity contribution < 1.29 is 9.84 Å². The van der Waals surface area contributed by atoms with Gasteiger partial charge in [-0.2, -0.15) is 5.10 Å². The predicted octanol–water partition coefficient (Wildman–Crippen LogP) is 3.43. The van der Waals surface area contributed by atoms with Crippen molar-refractivity contribution in [2.75, 3.05) is 0 Å². The van der Waals surface area contributed by atoms with Crippen molar-refractivity contribution >= 4 is 15.9 Å². The maximum Gasteiger partial charge on any atom is 0.131 e. The van der Waals surface area contributed by atoms with Crippen molar-refractivity contribution in [2.45, 2.75) is 33.5 Å². The number of aryl methyl sites for hydroxylation is 3. The Morgan fingerprint density at radius 2 is 2.10 bits per heavy atom. The number of aromatic nitrogens is 2. The molecule has 0 bridgehead atoms. The molecule has 1 unspecified atom stereocenters. The molecule has 0 aliphatic heterocycles. The van der Waals surface area contributed by atoms with Gasteiger partial charge >= 0.3 is 0 Å². The highest BCUT2D eigenvalue weighted by atomic mass is 79.9. The van der Waals surface area contributed by atoms with E-state index in [4.69, 9.17) is 4.74 Å². The Labute approximate surface area is 127 Å². The number of hydrogen-bond acceptors (Lipinski definition) is 3. The van der Waals surface area contributed by atoms with E-state index in [1.807, 2.05) is 39.1 Å². The van der Waals surface area contributed by atoms with Gasteiger partial charge < -0.3 is 9.84 Å². The highest BCUT2D eigenvalue weighted by Crippen LogP contribution is 2.28. The highest BCUT2D eigenvalue weighted by Gasteiger charge is 2.14. The van der Waals surface area contributed by atoms with Crippen LogP contribution in [0.4, 0.5) is 0 Å². The monoisotopic (exact) mass is 338 g/mol. The molecule has 20 heavy (non-hydrogen) atoms. The van der Waals surface area contributed by atoms with Gasteiger partial charge in [-0.15, -0.1) is 0 Å². The van der Waals surface area contributed by atoms with Gasteiger partial charge in [0.1, 0.15) is 12.4 Å². The minimum Gasteiger partial charge on any atom is -0.487 e. The van der Waals surface area contributed by atoms with Gasteiger partial charge in [-0.1, -0.05) is 11.6 Å². The summed E-state index contributed by atoms with van der Waals surface area (Å²) in [6.07, 6.45) is -0.554. The van der Waals surface area contributed by atoms with Crippen molar-refractivity contribution in [3.05, 3.63) is 45.2 Å². The number of aliphatic hydroxyl groups is 1. The summed E-state index contributed by atoms with van der Waals surface area (Å²) in [7, 11) is 1.89. The lowest BCUT2D eigenvalue weighted by molar-refractivity contribution is 0.189. The molecule has 1 aromatic carbocycles. The topological polar surface area (TPSA) is 47.3 Å². The average Bonchev–Trinajstić information content (AvgIpc) is 2.62. The van der Waals surface area contributed by atoms with Crippen LogP contribution >= 0.6 is 15.9 Å². The maximum atomic E-state index is 9.83. The number of rotatable bonds is 4. The molecule has 0 amide bonds. The molecule has 0 spiro atoms. The van der Waals surface area contributed by atoms with E-state index in [0.717, 1.165) is 27.0 Å². The Morgan fingerprint density at radius 1 is 1.40 bits per heavy atom. The van der Waals surface area contributed by atoms with Gasteiger partial charge in [-0.05, 0) is 48.8 Å². The van der Waals surface area contributed by atoms with Crippen LogP contribution < -0.4 is 4.74 Å². The SMILES string of the molecule is Cc1ccc(OCc2c(Br)c(C)nn2C)c(C(C)O)c1. The standard InChI is InChI=1S/C15H19BrN2O2/c1-9-5-6-14(12(7-9)11(3)19)20-8-13-15(16)10(2)17-18(13)4/h5-7,11,19H,8H2,1-4H3. The second kappa shape index (κ2) is 5.97. The first-order valence-corrected chi connectivity index (χ1v) is 7.29. The van der Waals surface area contributed by atoms with Gasteiger partial charge in [0.05, 0.1) is 22.0 Å². The van der Waals surface area contributed by atoms with Crippen LogP contribution in [0.15, 0.2) is 22.7 Å². The summed E-state index contributed by atoms with van der Waals surface area (Å²) < 4.78 is 8.63. The first-order valence-electron chi connectivity index (χ1n) is 6.49. The largest absolute Gasteiger partial charge is 0.487 e. The van der Waals surface area contributed by atoms with Crippen LogP contribution in [0.2, 0.25) is 0 Å². The number of ether oxygens (including phenoxy) is 1. The molecule has 1 aromatic heterocycles. The van der Waals surface area contributed by atoms with Crippen molar-refractivity contribution in [2.24, 2.45) is 7.05 Å². The average molecular weight is 339 g/mol. The fourth-order valence-electron chi connectivity index (χ4n) is 2.11. The van der Waals surface area contributed by atoms with Gasteiger partial charge in [0, 0.05) is 12.6 Å². The Hall–Kier alpha value is -1.33. The second-order valence-corrected chi connectivity index (χ2v) is 5.77.